The molecular formula is C11H10N4. The minimum atomic E-state index is 0.626. The number of aromatic nitrogens is 3. The summed E-state index contributed by atoms with van der Waals surface area (Å²) >= 11 is 0. The minimum absolute atomic E-state index is 0.626. The molecular weight excluding hydrogens is 188 g/mol. The van der Waals surface area contributed by atoms with Gasteiger partial charge in [0.15, 0.2) is 0 Å². The van der Waals surface area contributed by atoms with Crippen molar-refractivity contribution in [2.75, 3.05) is 0 Å². The molecule has 0 saturated heterocycles. The molecule has 0 aliphatic heterocycles. The molecule has 15 heavy (non-hydrogen) atoms. The maximum absolute atomic E-state index is 8.89. The topological polar surface area (TPSA) is 54.5 Å². The maximum atomic E-state index is 8.89. The third-order valence-electron chi connectivity index (χ3n) is 2.18. The molecule has 0 bridgehead atoms. The number of aryl methyl sites for hydroxylation is 1. The van der Waals surface area contributed by atoms with E-state index in [2.05, 4.69) is 16.2 Å². The van der Waals surface area contributed by atoms with E-state index in [4.69, 9.17) is 5.26 Å². The van der Waals surface area contributed by atoms with Gasteiger partial charge >= 0.3 is 0 Å². The summed E-state index contributed by atoms with van der Waals surface area (Å²) in [5.74, 6) is 0. The quantitative estimate of drug-likeness (QED) is 0.730. The van der Waals surface area contributed by atoms with Crippen LogP contribution in [0.15, 0.2) is 30.9 Å². The molecule has 2 aromatic heterocycles. The van der Waals surface area contributed by atoms with Crippen molar-refractivity contribution in [3.8, 4) is 6.07 Å². The number of rotatable bonds is 2. The Hall–Kier alpha value is -2.15. The Bertz CT molecular complexity index is 507. The van der Waals surface area contributed by atoms with Crippen LogP contribution in [-0.2, 0) is 13.5 Å². The summed E-state index contributed by atoms with van der Waals surface area (Å²) in [6, 6.07) is 4.00. The molecule has 0 saturated carbocycles. The molecule has 0 N–H and O–H groups in total. The molecule has 0 spiro atoms. The number of nitrogens with zero attached hydrogens (tertiary/aromatic N) is 4. The second kappa shape index (κ2) is 3.93. The van der Waals surface area contributed by atoms with E-state index < -0.39 is 0 Å². The van der Waals surface area contributed by atoms with Crippen LogP contribution in [0.2, 0.25) is 0 Å². The largest absolute Gasteiger partial charge is 0.276 e. The van der Waals surface area contributed by atoms with Crippen LogP contribution in [-0.4, -0.2) is 14.8 Å². The monoisotopic (exact) mass is 198 g/mol. The zero-order chi connectivity index (χ0) is 10.7. The van der Waals surface area contributed by atoms with Crippen LogP contribution < -0.4 is 0 Å². The van der Waals surface area contributed by atoms with E-state index in [9.17, 15) is 0 Å². The Kier molecular flexibility index (Phi) is 2.46. The van der Waals surface area contributed by atoms with Gasteiger partial charge in [0.25, 0.3) is 0 Å². The predicted molar refractivity (Wildman–Crippen MR) is 55.0 cm³/mol. The molecule has 0 aliphatic rings. The van der Waals surface area contributed by atoms with Crippen molar-refractivity contribution in [1.29, 1.82) is 5.26 Å². The molecule has 74 valence electrons. The average Bonchev–Trinajstić information content (AvgIpc) is 2.65. The summed E-state index contributed by atoms with van der Waals surface area (Å²) in [6.45, 7) is 0. The molecule has 0 amide bonds. The van der Waals surface area contributed by atoms with Gasteiger partial charge in [0.05, 0.1) is 11.8 Å². The highest BCUT2D eigenvalue weighted by atomic mass is 15.2. The van der Waals surface area contributed by atoms with Gasteiger partial charge in [-0.3, -0.25) is 9.67 Å². The molecule has 2 heterocycles. The van der Waals surface area contributed by atoms with Gasteiger partial charge in [0.1, 0.15) is 6.07 Å². The van der Waals surface area contributed by atoms with Gasteiger partial charge in [-0.25, -0.2) is 0 Å². The first-order chi connectivity index (χ1) is 7.29. The fraction of sp³-hybridized carbons (Fsp3) is 0.182. The Morgan fingerprint density at radius 3 is 3.00 bits per heavy atom. The first-order valence-electron chi connectivity index (χ1n) is 4.60. The Balaban J connectivity index is 2.28. The number of hydrogen-bond donors (Lipinski definition) is 0. The average molecular weight is 198 g/mol. The SMILES string of the molecule is Cn1cc(Cc2ccncc2C#N)cn1. The van der Waals surface area contributed by atoms with E-state index in [0.717, 1.165) is 17.5 Å². The highest BCUT2D eigenvalue weighted by Gasteiger charge is 2.03. The summed E-state index contributed by atoms with van der Waals surface area (Å²) < 4.78 is 1.75. The van der Waals surface area contributed by atoms with E-state index in [1.807, 2.05) is 25.5 Å². The third kappa shape index (κ3) is 2.02. The highest BCUT2D eigenvalue weighted by molar-refractivity contribution is 5.37. The number of hydrogen-bond acceptors (Lipinski definition) is 3. The van der Waals surface area contributed by atoms with E-state index in [-0.39, 0.29) is 0 Å². The molecule has 0 atom stereocenters. The maximum Gasteiger partial charge on any atom is 0.101 e. The molecule has 2 rings (SSSR count). The van der Waals surface area contributed by atoms with Crippen molar-refractivity contribution in [2.24, 2.45) is 7.05 Å². The van der Waals surface area contributed by atoms with Crippen molar-refractivity contribution in [2.45, 2.75) is 6.42 Å². The molecule has 0 radical (unpaired) electrons. The minimum Gasteiger partial charge on any atom is -0.276 e. The van der Waals surface area contributed by atoms with Crippen LogP contribution in [0.5, 0.6) is 0 Å². The smallest absolute Gasteiger partial charge is 0.101 e. The second-order valence-electron chi connectivity index (χ2n) is 3.34. The van der Waals surface area contributed by atoms with Gasteiger partial charge in [-0.15, -0.1) is 0 Å². The van der Waals surface area contributed by atoms with Gasteiger partial charge in [-0.2, -0.15) is 10.4 Å². The third-order valence-corrected chi connectivity index (χ3v) is 2.18. The van der Waals surface area contributed by atoms with E-state index in [1.165, 1.54) is 0 Å². The van der Waals surface area contributed by atoms with E-state index >= 15 is 0 Å². The van der Waals surface area contributed by atoms with Gasteiger partial charge in [-0.1, -0.05) is 0 Å². The van der Waals surface area contributed by atoms with Crippen molar-refractivity contribution >= 4 is 0 Å². The summed E-state index contributed by atoms with van der Waals surface area (Å²) in [5.41, 5.74) is 2.71. The Morgan fingerprint density at radius 1 is 1.47 bits per heavy atom. The Morgan fingerprint density at radius 2 is 2.33 bits per heavy atom. The van der Waals surface area contributed by atoms with Crippen LogP contribution in [0, 0.1) is 11.3 Å². The molecule has 0 aliphatic carbocycles. The summed E-state index contributed by atoms with van der Waals surface area (Å²) in [7, 11) is 1.88. The van der Waals surface area contributed by atoms with Crippen LogP contribution in [0.25, 0.3) is 0 Å². The van der Waals surface area contributed by atoms with Gasteiger partial charge in [-0.05, 0) is 17.2 Å². The lowest BCUT2D eigenvalue weighted by Crippen LogP contribution is -1.92. The molecule has 0 fully saturated rings. The van der Waals surface area contributed by atoms with Crippen molar-refractivity contribution < 1.29 is 0 Å². The lowest BCUT2D eigenvalue weighted by molar-refractivity contribution is 0.767. The van der Waals surface area contributed by atoms with Gasteiger partial charge in [0, 0.05) is 32.1 Å². The fourth-order valence-electron chi connectivity index (χ4n) is 1.46. The summed E-state index contributed by atoms with van der Waals surface area (Å²) in [6.07, 6.45) is 7.76. The highest BCUT2D eigenvalue weighted by Crippen LogP contribution is 2.11. The standard InChI is InChI=1S/C11H10N4/c1-15-8-9(6-14-15)4-10-2-3-13-7-11(10)5-12/h2-3,6-8H,4H2,1H3. The molecule has 0 aromatic carbocycles. The summed E-state index contributed by atoms with van der Waals surface area (Å²) in [4.78, 5) is 3.92. The predicted octanol–water partition coefficient (Wildman–Crippen LogP) is 1.28. The second-order valence-corrected chi connectivity index (χ2v) is 3.34. The van der Waals surface area contributed by atoms with Gasteiger partial charge < -0.3 is 0 Å². The number of nitriles is 1. The van der Waals surface area contributed by atoms with E-state index in [1.54, 1.807) is 17.1 Å². The normalized spacial score (nSPS) is 9.87. The lowest BCUT2D eigenvalue weighted by atomic mass is 10.1. The zero-order valence-corrected chi connectivity index (χ0v) is 8.38. The molecule has 2 aromatic rings. The molecule has 0 unspecified atom stereocenters. The summed E-state index contributed by atoms with van der Waals surface area (Å²) in [5, 5.41) is 13.0. The molecule has 4 heteroatoms. The van der Waals surface area contributed by atoms with Gasteiger partial charge in [0.2, 0.25) is 0 Å². The zero-order valence-electron chi connectivity index (χ0n) is 8.38. The van der Waals surface area contributed by atoms with E-state index in [0.29, 0.717) is 5.56 Å². The first kappa shape index (κ1) is 9.41. The Labute approximate surface area is 87.8 Å². The van der Waals surface area contributed by atoms with Crippen LogP contribution in [0.1, 0.15) is 16.7 Å². The van der Waals surface area contributed by atoms with Crippen molar-refractivity contribution in [1.82, 2.24) is 14.8 Å². The molecule has 4 nitrogen and oxygen atoms in total. The lowest BCUT2D eigenvalue weighted by Gasteiger charge is -1.99. The fourth-order valence-corrected chi connectivity index (χ4v) is 1.46. The number of pyridine rings is 1. The van der Waals surface area contributed by atoms with Crippen LogP contribution in [0.4, 0.5) is 0 Å². The van der Waals surface area contributed by atoms with Crippen molar-refractivity contribution in [3.05, 3.63) is 47.5 Å². The first-order valence-corrected chi connectivity index (χ1v) is 4.60. The van der Waals surface area contributed by atoms with Crippen molar-refractivity contribution in [3.63, 3.8) is 0 Å². The van der Waals surface area contributed by atoms with Crippen LogP contribution in [0.3, 0.4) is 0 Å². The van der Waals surface area contributed by atoms with Crippen LogP contribution >= 0.6 is 0 Å².